The van der Waals surface area contributed by atoms with Gasteiger partial charge in [0.05, 0.1) is 12.7 Å². The van der Waals surface area contributed by atoms with Crippen LogP contribution in [0.15, 0.2) is 18.2 Å². The molecule has 1 aromatic carbocycles. The second kappa shape index (κ2) is 9.70. The zero-order valence-electron chi connectivity index (χ0n) is 16.3. The van der Waals surface area contributed by atoms with Crippen LogP contribution in [0, 0.1) is 13.8 Å². The Balaban J connectivity index is 1.57. The minimum Gasteiger partial charge on any atom is -0.371 e. The van der Waals surface area contributed by atoms with E-state index in [-0.39, 0.29) is 0 Å². The van der Waals surface area contributed by atoms with Crippen LogP contribution in [0.1, 0.15) is 55.2 Å². The van der Waals surface area contributed by atoms with Gasteiger partial charge < -0.3 is 14.5 Å². The molecule has 2 heterocycles. The summed E-state index contributed by atoms with van der Waals surface area (Å²) in [6, 6.07) is 6.78. The molecule has 0 N–H and O–H groups in total. The number of rotatable bonds is 7. The summed E-state index contributed by atoms with van der Waals surface area (Å²) in [7, 11) is 0. The van der Waals surface area contributed by atoms with Gasteiger partial charge >= 0.3 is 0 Å². The third kappa shape index (κ3) is 6.40. The lowest BCUT2D eigenvalue weighted by Crippen LogP contribution is -2.44. The minimum atomic E-state index is 0.331. The molecule has 0 spiro atoms. The number of aryl methyl sites for hydroxylation is 2. The third-order valence-corrected chi connectivity index (χ3v) is 5.59. The molecule has 0 aliphatic carbocycles. The molecule has 0 atom stereocenters. The molecule has 0 radical (unpaired) electrons. The van der Waals surface area contributed by atoms with Crippen LogP contribution in [0.25, 0.3) is 0 Å². The van der Waals surface area contributed by atoms with Gasteiger partial charge in [0.2, 0.25) is 0 Å². The SMILES string of the molecule is Cc1cc(C)cc(COC(CN2CCCCC2)CN2CCCCC2)c1. The molecule has 2 aliphatic rings. The highest BCUT2D eigenvalue weighted by Gasteiger charge is 2.21. The summed E-state index contributed by atoms with van der Waals surface area (Å²) in [4.78, 5) is 5.25. The summed E-state index contributed by atoms with van der Waals surface area (Å²) in [6.07, 6.45) is 8.55. The summed E-state index contributed by atoms with van der Waals surface area (Å²) in [5, 5.41) is 0. The third-order valence-electron chi connectivity index (χ3n) is 5.59. The van der Waals surface area contributed by atoms with E-state index < -0.39 is 0 Å². The highest BCUT2D eigenvalue weighted by Crippen LogP contribution is 2.16. The van der Waals surface area contributed by atoms with Gasteiger partial charge in [0.1, 0.15) is 0 Å². The van der Waals surface area contributed by atoms with Crippen LogP contribution >= 0.6 is 0 Å². The number of ether oxygens (including phenoxy) is 1. The molecule has 3 nitrogen and oxygen atoms in total. The van der Waals surface area contributed by atoms with Crippen LogP contribution in [0.2, 0.25) is 0 Å². The molecule has 1 aromatic rings. The predicted molar refractivity (Wildman–Crippen MR) is 105 cm³/mol. The first-order chi connectivity index (χ1) is 12.2. The molecule has 2 saturated heterocycles. The molecule has 140 valence electrons. The zero-order chi connectivity index (χ0) is 17.5. The summed E-state index contributed by atoms with van der Waals surface area (Å²) >= 11 is 0. The van der Waals surface area contributed by atoms with Crippen molar-refractivity contribution < 1.29 is 4.74 Å². The van der Waals surface area contributed by atoms with E-state index in [2.05, 4.69) is 41.8 Å². The van der Waals surface area contributed by atoms with Crippen molar-refractivity contribution in [1.29, 1.82) is 0 Å². The van der Waals surface area contributed by atoms with Gasteiger partial charge in [-0.1, -0.05) is 42.2 Å². The first kappa shape index (κ1) is 18.9. The van der Waals surface area contributed by atoms with Gasteiger partial charge in [0.25, 0.3) is 0 Å². The van der Waals surface area contributed by atoms with Crippen LogP contribution < -0.4 is 0 Å². The number of piperidine rings is 2. The summed E-state index contributed by atoms with van der Waals surface area (Å²) in [5.74, 6) is 0. The van der Waals surface area contributed by atoms with Crippen LogP contribution in [-0.2, 0) is 11.3 Å². The maximum Gasteiger partial charge on any atom is 0.0833 e. The van der Waals surface area contributed by atoms with Gasteiger partial charge in [-0.25, -0.2) is 0 Å². The first-order valence-corrected chi connectivity index (χ1v) is 10.3. The van der Waals surface area contributed by atoms with Crippen LogP contribution in [0.5, 0.6) is 0 Å². The Hall–Kier alpha value is -0.900. The van der Waals surface area contributed by atoms with Crippen molar-refractivity contribution in [3.63, 3.8) is 0 Å². The largest absolute Gasteiger partial charge is 0.371 e. The number of nitrogens with zero attached hydrogens (tertiary/aromatic N) is 2. The van der Waals surface area contributed by atoms with E-state index in [9.17, 15) is 0 Å². The fraction of sp³-hybridized carbons (Fsp3) is 0.727. The first-order valence-electron chi connectivity index (χ1n) is 10.3. The molecular formula is C22H36N2O. The van der Waals surface area contributed by atoms with E-state index in [1.54, 1.807) is 0 Å². The summed E-state index contributed by atoms with van der Waals surface area (Å²) in [5.41, 5.74) is 3.99. The topological polar surface area (TPSA) is 15.7 Å². The Morgan fingerprint density at radius 3 is 1.72 bits per heavy atom. The van der Waals surface area contributed by atoms with Crippen LogP contribution in [0.3, 0.4) is 0 Å². The predicted octanol–water partition coefficient (Wildman–Crippen LogP) is 4.16. The molecule has 2 aliphatic heterocycles. The number of likely N-dealkylation sites (tertiary alicyclic amines) is 2. The molecule has 3 rings (SSSR count). The average molecular weight is 345 g/mol. The normalized spacial score (nSPS) is 20.3. The number of hydrogen-bond donors (Lipinski definition) is 0. The van der Waals surface area contributed by atoms with Crippen molar-refractivity contribution in [1.82, 2.24) is 9.80 Å². The lowest BCUT2D eigenvalue weighted by molar-refractivity contribution is -0.0118. The van der Waals surface area contributed by atoms with Crippen molar-refractivity contribution in [3.05, 3.63) is 34.9 Å². The van der Waals surface area contributed by atoms with Crippen LogP contribution in [-0.4, -0.2) is 55.2 Å². The quantitative estimate of drug-likeness (QED) is 0.739. The molecule has 3 heteroatoms. The van der Waals surface area contributed by atoms with Gasteiger partial charge in [-0.15, -0.1) is 0 Å². The van der Waals surface area contributed by atoms with Crippen molar-refractivity contribution in [3.8, 4) is 0 Å². The summed E-state index contributed by atoms with van der Waals surface area (Å²) < 4.78 is 6.46. The standard InChI is InChI=1S/C22H36N2O/c1-19-13-20(2)15-21(14-19)18-25-22(16-23-9-5-3-6-10-23)17-24-11-7-4-8-12-24/h13-15,22H,3-12,16-18H2,1-2H3. The highest BCUT2D eigenvalue weighted by molar-refractivity contribution is 5.28. The fourth-order valence-corrected chi connectivity index (χ4v) is 4.39. The van der Waals surface area contributed by atoms with Gasteiger partial charge in [0.15, 0.2) is 0 Å². The molecule has 0 amide bonds. The number of hydrogen-bond acceptors (Lipinski definition) is 3. The lowest BCUT2D eigenvalue weighted by atomic mass is 10.1. The highest BCUT2D eigenvalue weighted by atomic mass is 16.5. The number of benzene rings is 1. The summed E-state index contributed by atoms with van der Waals surface area (Å²) in [6.45, 7) is 12.3. The van der Waals surface area contributed by atoms with E-state index in [0.29, 0.717) is 6.10 Å². The Labute approximate surface area is 154 Å². The molecule has 0 saturated carbocycles. The van der Waals surface area contributed by atoms with Crippen LogP contribution in [0.4, 0.5) is 0 Å². The average Bonchev–Trinajstić information content (AvgIpc) is 2.61. The Kier molecular flexibility index (Phi) is 7.33. The lowest BCUT2D eigenvalue weighted by Gasteiger charge is -2.34. The molecule has 25 heavy (non-hydrogen) atoms. The zero-order valence-corrected chi connectivity index (χ0v) is 16.3. The van der Waals surface area contributed by atoms with Crippen molar-refractivity contribution in [2.45, 2.75) is 65.1 Å². The van der Waals surface area contributed by atoms with Crippen molar-refractivity contribution >= 4 is 0 Å². The maximum atomic E-state index is 6.46. The Bertz CT molecular complexity index is 479. The van der Waals surface area contributed by atoms with E-state index in [0.717, 1.165) is 19.7 Å². The van der Waals surface area contributed by atoms with E-state index in [4.69, 9.17) is 4.74 Å². The second-order valence-corrected chi connectivity index (χ2v) is 8.15. The molecular weight excluding hydrogens is 308 g/mol. The molecule has 0 aromatic heterocycles. The smallest absolute Gasteiger partial charge is 0.0833 e. The van der Waals surface area contributed by atoms with Crippen molar-refractivity contribution in [2.75, 3.05) is 39.3 Å². The molecule has 2 fully saturated rings. The van der Waals surface area contributed by atoms with Gasteiger partial charge in [-0.3, -0.25) is 0 Å². The minimum absolute atomic E-state index is 0.331. The van der Waals surface area contributed by atoms with E-state index in [1.165, 1.54) is 81.4 Å². The Morgan fingerprint density at radius 1 is 0.760 bits per heavy atom. The molecule has 0 bridgehead atoms. The van der Waals surface area contributed by atoms with E-state index in [1.807, 2.05) is 0 Å². The second-order valence-electron chi connectivity index (χ2n) is 8.15. The Morgan fingerprint density at radius 2 is 1.24 bits per heavy atom. The van der Waals surface area contributed by atoms with Gasteiger partial charge in [0, 0.05) is 13.1 Å². The van der Waals surface area contributed by atoms with E-state index >= 15 is 0 Å². The van der Waals surface area contributed by atoms with Gasteiger partial charge in [-0.2, -0.15) is 0 Å². The monoisotopic (exact) mass is 344 g/mol. The maximum absolute atomic E-state index is 6.46. The van der Waals surface area contributed by atoms with Crippen molar-refractivity contribution in [2.24, 2.45) is 0 Å². The molecule has 0 unspecified atom stereocenters. The van der Waals surface area contributed by atoms with Gasteiger partial charge in [-0.05, 0) is 71.3 Å². The fourth-order valence-electron chi connectivity index (χ4n) is 4.39.